The number of rotatable bonds is 5. The molecule has 0 radical (unpaired) electrons. The summed E-state index contributed by atoms with van der Waals surface area (Å²) in [4.78, 5) is 23.1. The van der Waals surface area contributed by atoms with Crippen LogP contribution < -0.4 is 0 Å². The molecule has 0 aromatic carbocycles. The van der Waals surface area contributed by atoms with Gasteiger partial charge in [0, 0.05) is 12.2 Å². The first-order valence-electron chi connectivity index (χ1n) is 7.66. The van der Waals surface area contributed by atoms with E-state index >= 15 is 0 Å². The number of esters is 1. The fourth-order valence-corrected chi connectivity index (χ4v) is 3.81. The van der Waals surface area contributed by atoms with Crippen molar-refractivity contribution in [3.05, 3.63) is 0 Å². The second kappa shape index (κ2) is 8.06. The van der Waals surface area contributed by atoms with E-state index in [0.29, 0.717) is 24.2 Å². The van der Waals surface area contributed by atoms with Crippen LogP contribution in [0, 0.1) is 17.8 Å². The molecular formula is C16H28O3S. The molecule has 4 heteroatoms. The molecule has 20 heavy (non-hydrogen) atoms. The van der Waals surface area contributed by atoms with Crippen LogP contribution in [0.2, 0.25) is 0 Å². The summed E-state index contributed by atoms with van der Waals surface area (Å²) in [5.41, 5.74) is 0. The maximum absolute atomic E-state index is 12.0. The molecule has 1 unspecified atom stereocenters. The van der Waals surface area contributed by atoms with Gasteiger partial charge < -0.3 is 4.74 Å². The molecule has 0 heterocycles. The van der Waals surface area contributed by atoms with Crippen molar-refractivity contribution >= 4 is 22.8 Å². The molecule has 0 saturated heterocycles. The van der Waals surface area contributed by atoms with Gasteiger partial charge in [0.15, 0.2) is 5.12 Å². The highest BCUT2D eigenvalue weighted by molar-refractivity contribution is 8.14. The lowest BCUT2D eigenvalue weighted by Gasteiger charge is -2.36. The molecule has 116 valence electrons. The van der Waals surface area contributed by atoms with Gasteiger partial charge in [0.2, 0.25) is 0 Å². The Morgan fingerprint density at radius 2 is 1.90 bits per heavy atom. The van der Waals surface area contributed by atoms with E-state index in [9.17, 15) is 9.59 Å². The maximum atomic E-state index is 12.0. The highest BCUT2D eigenvalue weighted by Gasteiger charge is 2.33. The number of hydrogen-bond donors (Lipinski definition) is 0. The van der Waals surface area contributed by atoms with Crippen LogP contribution >= 0.6 is 11.8 Å². The van der Waals surface area contributed by atoms with Gasteiger partial charge in [0.05, 0.1) is 6.42 Å². The standard InChI is InChI=1S/C16H28O3S/c1-10(2)14-7-6-11(3)8-15(14)19-16(18)9-12(4)20-13(5)17/h10-12,14-15H,6-9H2,1-5H3/t11-,12?,14+,15-/m1/s1. The van der Waals surface area contributed by atoms with Crippen LogP contribution in [-0.4, -0.2) is 22.4 Å². The van der Waals surface area contributed by atoms with E-state index in [1.807, 2.05) is 6.92 Å². The molecule has 0 aromatic heterocycles. The first-order chi connectivity index (χ1) is 9.29. The van der Waals surface area contributed by atoms with Crippen molar-refractivity contribution in [2.24, 2.45) is 17.8 Å². The predicted molar refractivity (Wildman–Crippen MR) is 83.6 cm³/mol. The second-order valence-electron chi connectivity index (χ2n) is 6.48. The van der Waals surface area contributed by atoms with Crippen molar-refractivity contribution in [1.82, 2.24) is 0 Å². The van der Waals surface area contributed by atoms with E-state index < -0.39 is 0 Å². The van der Waals surface area contributed by atoms with Crippen molar-refractivity contribution in [1.29, 1.82) is 0 Å². The molecule has 1 rings (SSSR count). The lowest BCUT2D eigenvalue weighted by Crippen LogP contribution is -2.36. The molecule has 0 bridgehead atoms. The minimum absolute atomic E-state index is 0.00138. The zero-order chi connectivity index (χ0) is 15.3. The third-order valence-electron chi connectivity index (χ3n) is 4.07. The summed E-state index contributed by atoms with van der Waals surface area (Å²) >= 11 is 1.21. The molecule has 1 aliphatic rings. The average Bonchev–Trinajstić information content (AvgIpc) is 2.26. The summed E-state index contributed by atoms with van der Waals surface area (Å²) < 4.78 is 5.72. The minimum Gasteiger partial charge on any atom is -0.462 e. The Kier molecular flexibility index (Phi) is 7.07. The fourth-order valence-electron chi connectivity index (χ4n) is 3.03. The Bertz CT molecular complexity index is 341. The average molecular weight is 300 g/mol. The van der Waals surface area contributed by atoms with Gasteiger partial charge in [-0.05, 0) is 30.6 Å². The zero-order valence-corrected chi connectivity index (χ0v) is 14.2. The third kappa shape index (κ3) is 5.86. The van der Waals surface area contributed by atoms with Gasteiger partial charge in [-0.1, -0.05) is 45.9 Å². The van der Waals surface area contributed by atoms with E-state index in [2.05, 4.69) is 20.8 Å². The number of ether oxygens (including phenoxy) is 1. The van der Waals surface area contributed by atoms with Gasteiger partial charge in [-0.3, -0.25) is 9.59 Å². The van der Waals surface area contributed by atoms with E-state index in [-0.39, 0.29) is 22.4 Å². The topological polar surface area (TPSA) is 43.4 Å². The van der Waals surface area contributed by atoms with Crippen LogP contribution in [-0.2, 0) is 14.3 Å². The van der Waals surface area contributed by atoms with Gasteiger partial charge in [-0.25, -0.2) is 0 Å². The lowest BCUT2D eigenvalue weighted by atomic mass is 9.75. The largest absolute Gasteiger partial charge is 0.462 e. The monoisotopic (exact) mass is 300 g/mol. The van der Waals surface area contributed by atoms with E-state index in [4.69, 9.17) is 4.74 Å². The molecule has 0 spiro atoms. The Balaban J connectivity index is 2.50. The normalized spacial score (nSPS) is 28.2. The summed E-state index contributed by atoms with van der Waals surface area (Å²) in [6.45, 7) is 10.1. The van der Waals surface area contributed by atoms with E-state index in [0.717, 1.165) is 12.8 Å². The summed E-state index contributed by atoms with van der Waals surface area (Å²) in [6.07, 6.45) is 3.73. The highest BCUT2D eigenvalue weighted by atomic mass is 32.2. The summed E-state index contributed by atoms with van der Waals surface area (Å²) in [7, 11) is 0. The number of hydrogen-bond acceptors (Lipinski definition) is 4. The summed E-state index contributed by atoms with van der Waals surface area (Å²) in [5.74, 6) is 1.50. The van der Waals surface area contributed by atoms with Gasteiger partial charge >= 0.3 is 5.97 Å². The Hall–Kier alpha value is -0.510. The van der Waals surface area contributed by atoms with E-state index in [1.54, 1.807) is 0 Å². The smallest absolute Gasteiger partial charge is 0.307 e. The van der Waals surface area contributed by atoms with Crippen LogP contribution in [0.15, 0.2) is 0 Å². The number of carbonyl (C=O) groups excluding carboxylic acids is 2. The van der Waals surface area contributed by atoms with Crippen molar-refractivity contribution in [3.63, 3.8) is 0 Å². The van der Waals surface area contributed by atoms with E-state index in [1.165, 1.54) is 25.1 Å². The first-order valence-corrected chi connectivity index (χ1v) is 8.54. The van der Waals surface area contributed by atoms with Crippen molar-refractivity contribution in [2.75, 3.05) is 0 Å². The van der Waals surface area contributed by atoms with Crippen molar-refractivity contribution in [2.45, 2.75) is 71.7 Å². The second-order valence-corrected chi connectivity index (χ2v) is 8.09. The minimum atomic E-state index is -0.156. The maximum Gasteiger partial charge on any atom is 0.307 e. The van der Waals surface area contributed by atoms with Crippen molar-refractivity contribution in [3.8, 4) is 0 Å². The molecule has 1 aliphatic carbocycles. The molecule has 4 atom stereocenters. The van der Waals surface area contributed by atoms with Crippen LogP contribution in [0.5, 0.6) is 0 Å². The highest BCUT2D eigenvalue weighted by Crippen LogP contribution is 2.35. The molecule has 3 nitrogen and oxygen atoms in total. The summed E-state index contributed by atoms with van der Waals surface area (Å²) in [6, 6.07) is 0. The first kappa shape index (κ1) is 17.5. The SMILES string of the molecule is CC(=O)SC(C)CC(=O)O[C@@H]1C[C@H](C)CC[C@H]1C(C)C. The van der Waals surface area contributed by atoms with Gasteiger partial charge in [-0.2, -0.15) is 0 Å². The van der Waals surface area contributed by atoms with Gasteiger partial charge in [0.1, 0.15) is 6.10 Å². The molecule has 0 amide bonds. The summed E-state index contributed by atoms with van der Waals surface area (Å²) in [5, 5.41) is 0.0511. The predicted octanol–water partition coefficient (Wildman–Crippen LogP) is 4.05. The van der Waals surface area contributed by atoms with Gasteiger partial charge in [-0.15, -0.1) is 0 Å². The Morgan fingerprint density at radius 1 is 1.25 bits per heavy atom. The van der Waals surface area contributed by atoms with Crippen LogP contribution in [0.25, 0.3) is 0 Å². The quantitative estimate of drug-likeness (QED) is 0.718. The molecule has 1 fully saturated rings. The number of carbonyl (C=O) groups is 2. The van der Waals surface area contributed by atoms with Crippen LogP contribution in [0.3, 0.4) is 0 Å². The molecule has 0 aromatic rings. The third-order valence-corrected chi connectivity index (χ3v) is 4.97. The van der Waals surface area contributed by atoms with Gasteiger partial charge in [0.25, 0.3) is 0 Å². The lowest BCUT2D eigenvalue weighted by molar-refractivity contribution is -0.155. The Labute approximate surface area is 127 Å². The van der Waals surface area contributed by atoms with Crippen LogP contribution in [0.4, 0.5) is 0 Å². The van der Waals surface area contributed by atoms with Crippen molar-refractivity contribution < 1.29 is 14.3 Å². The molecular weight excluding hydrogens is 272 g/mol. The molecule has 0 N–H and O–H groups in total. The molecule has 1 saturated carbocycles. The molecule has 0 aliphatic heterocycles. The Morgan fingerprint density at radius 3 is 2.45 bits per heavy atom. The number of thioether (sulfide) groups is 1. The fraction of sp³-hybridized carbons (Fsp3) is 0.875. The zero-order valence-electron chi connectivity index (χ0n) is 13.3. The van der Waals surface area contributed by atoms with Crippen LogP contribution in [0.1, 0.15) is 60.3 Å².